The number of rotatable bonds is 6. The molecule has 1 fully saturated rings. The van der Waals surface area contributed by atoms with Crippen LogP contribution in [0, 0.1) is 0 Å². The number of hydrogen-bond acceptors (Lipinski definition) is 4. The minimum absolute atomic E-state index is 0.0108. The highest BCUT2D eigenvalue weighted by Gasteiger charge is 2.26. The minimum atomic E-state index is -0.564. The fourth-order valence-electron chi connectivity index (χ4n) is 3.54. The number of carbonyl (C=O) groups is 1. The number of H-pyrrole nitrogens is 2. The number of hydrogen-bond donors (Lipinski definition) is 2. The third-order valence-electron chi connectivity index (χ3n) is 5.22. The molecule has 7 nitrogen and oxygen atoms in total. The van der Waals surface area contributed by atoms with E-state index in [1.165, 1.54) is 11.8 Å². The summed E-state index contributed by atoms with van der Waals surface area (Å²) < 4.78 is 0. The summed E-state index contributed by atoms with van der Waals surface area (Å²) in [6, 6.07) is 10.5. The van der Waals surface area contributed by atoms with Crippen LogP contribution in [0.4, 0.5) is 0 Å². The Morgan fingerprint density at radius 3 is 2.78 bits per heavy atom. The number of nitrogens with one attached hydrogen (secondary N) is 2. The van der Waals surface area contributed by atoms with Crippen LogP contribution >= 0.6 is 0 Å². The smallest absolute Gasteiger partial charge is 0.325 e. The van der Waals surface area contributed by atoms with Crippen molar-refractivity contribution in [3.63, 3.8) is 0 Å². The van der Waals surface area contributed by atoms with E-state index in [2.05, 4.69) is 39.1 Å². The highest BCUT2D eigenvalue weighted by Crippen LogP contribution is 2.16. The van der Waals surface area contributed by atoms with Crippen molar-refractivity contribution in [2.24, 2.45) is 0 Å². The van der Waals surface area contributed by atoms with Crippen molar-refractivity contribution >= 4 is 5.91 Å². The first-order valence-corrected chi connectivity index (χ1v) is 9.36. The molecule has 1 atom stereocenters. The van der Waals surface area contributed by atoms with Crippen LogP contribution in [-0.4, -0.2) is 58.4 Å². The van der Waals surface area contributed by atoms with E-state index in [9.17, 15) is 14.4 Å². The van der Waals surface area contributed by atoms with Gasteiger partial charge in [-0.15, -0.1) is 0 Å². The normalized spacial score (nSPS) is 17.6. The van der Waals surface area contributed by atoms with Crippen molar-refractivity contribution in [1.29, 1.82) is 0 Å². The van der Waals surface area contributed by atoms with Gasteiger partial charge < -0.3 is 14.8 Å². The summed E-state index contributed by atoms with van der Waals surface area (Å²) in [5, 5.41) is 0. The lowest BCUT2D eigenvalue weighted by Crippen LogP contribution is -2.49. The summed E-state index contributed by atoms with van der Waals surface area (Å²) in [6.45, 7) is 2.87. The standard InChI is InChI=1S/C20H26N4O3/c1-23(18(25)12-16-13-21-20(27)22-19(16)26)17-8-5-10-24(14-17)11-9-15-6-3-2-4-7-15/h2-4,6-7,13,17H,5,8-12,14H2,1H3,(H2,21,22,26,27)/t17-/m1/s1. The molecule has 2 N–H and O–H groups in total. The van der Waals surface area contributed by atoms with Crippen molar-refractivity contribution in [3.05, 3.63) is 68.5 Å². The second-order valence-corrected chi connectivity index (χ2v) is 7.11. The number of aromatic nitrogens is 2. The number of aromatic amines is 2. The molecule has 0 bridgehead atoms. The van der Waals surface area contributed by atoms with Crippen molar-refractivity contribution in [1.82, 2.24) is 19.8 Å². The minimum Gasteiger partial charge on any atom is -0.341 e. The van der Waals surface area contributed by atoms with E-state index in [1.807, 2.05) is 6.07 Å². The second-order valence-electron chi connectivity index (χ2n) is 7.11. The number of nitrogens with zero attached hydrogens (tertiary/aromatic N) is 2. The maximum Gasteiger partial charge on any atom is 0.325 e. The van der Waals surface area contributed by atoms with E-state index < -0.39 is 11.2 Å². The van der Waals surface area contributed by atoms with Crippen LogP contribution in [0.2, 0.25) is 0 Å². The van der Waals surface area contributed by atoms with Crippen molar-refractivity contribution < 1.29 is 4.79 Å². The molecule has 2 heterocycles. The van der Waals surface area contributed by atoms with Crippen LogP contribution in [0.15, 0.2) is 46.1 Å². The maximum absolute atomic E-state index is 12.6. The topological polar surface area (TPSA) is 89.3 Å². The number of amides is 1. The van der Waals surface area contributed by atoms with Crippen LogP contribution in [0.25, 0.3) is 0 Å². The van der Waals surface area contributed by atoms with E-state index >= 15 is 0 Å². The van der Waals surface area contributed by atoms with Gasteiger partial charge in [0.2, 0.25) is 5.91 Å². The summed E-state index contributed by atoms with van der Waals surface area (Å²) in [5.41, 5.74) is 0.532. The van der Waals surface area contributed by atoms with Crippen LogP contribution in [0.3, 0.4) is 0 Å². The maximum atomic E-state index is 12.6. The van der Waals surface area contributed by atoms with Crippen molar-refractivity contribution in [3.8, 4) is 0 Å². The average Bonchev–Trinajstić information content (AvgIpc) is 2.69. The molecule has 0 saturated carbocycles. The molecule has 7 heteroatoms. The third kappa shape index (κ3) is 5.17. The van der Waals surface area contributed by atoms with Gasteiger partial charge in [-0.2, -0.15) is 0 Å². The van der Waals surface area contributed by atoms with E-state index in [4.69, 9.17) is 0 Å². The second kappa shape index (κ2) is 8.81. The molecule has 144 valence electrons. The summed E-state index contributed by atoms with van der Waals surface area (Å²) >= 11 is 0. The lowest BCUT2D eigenvalue weighted by molar-refractivity contribution is -0.132. The zero-order valence-corrected chi connectivity index (χ0v) is 15.6. The fraction of sp³-hybridized carbons (Fsp3) is 0.450. The molecule has 1 saturated heterocycles. The molecule has 1 aromatic carbocycles. The Labute approximate surface area is 158 Å². The Hall–Kier alpha value is -2.67. The molecule has 3 rings (SSSR count). The lowest BCUT2D eigenvalue weighted by atomic mass is 10.0. The molecule has 27 heavy (non-hydrogen) atoms. The van der Waals surface area contributed by atoms with Crippen LogP contribution in [-0.2, 0) is 17.6 Å². The van der Waals surface area contributed by atoms with Crippen molar-refractivity contribution in [2.75, 3.05) is 26.7 Å². The molecule has 0 spiro atoms. The monoisotopic (exact) mass is 370 g/mol. The van der Waals surface area contributed by atoms with Gasteiger partial charge in [0.05, 0.1) is 6.42 Å². The van der Waals surface area contributed by atoms with E-state index in [-0.39, 0.29) is 23.9 Å². The van der Waals surface area contributed by atoms with Gasteiger partial charge in [-0.25, -0.2) is 4.79 Å². The highest BCUT2D eigenvalue weighted by atomic mass is 16.2. The summed E-state index contributed by atoms with van der Waals surface area (Å²) in [5.74, 6) is -0.109. The Kier molecular flexibility index (Phi) is 6.24. The van der Waals surface area contributed by atoms with Crippen LogP contribution in [0.5, 0.6) is 0 Å². The molecule has 1 amide bonds. The number of carbonyl (C=O) groups excluding carboxylic acids is 1. The highest BCUT2D eigenvalue weighted by molar-refractivity contribution is 5.78. The molecule has 0 unspecified atom stereocenters. The summed E-state index contributed by atoms with van der Waals surface area (Å²) in [7, 11) is 1.80. The molecule has 0 aliphatic carbocycles. The third-order valence-corrected chi connectivity index (χ3v) is 5.22. The van der Waals surface area contributed by atoms with Crippen LogP contribution in [0.1, 0.15) is 24.0 Å². The first-order valence-electron chi connectivity index (χ1n) is 9.36. The Balaban J connectivity index is 1.55. The Bertz CT molecular complexity index is 875. The lowest BCUT2D eigenvalue weighted by Gasteiger charge is -2.37. The van der Waals surface area contributed by atoms with Gasteiger partial charge >= 0.3 is 5.69 Å². The van der Waals surface area contributed by atoms with Gasteiger partial charge in [0.15, 0.2) is 0 Å². The van der Waals surface area contributed by atoms with Gasteiger partial charge in [-0.1, -0.05) is 30.3 Å². The SMILES string of the molecule is CN(C(=O)Cc1c[nH]c(=O)[nH]c1=O)[C@@H]1CCCN(CCc2ccccc2)C1. The number of likely N-dealkylation sites (N-methyl/N-ethyl adjacent to an activating group) is 1. The van der Waals surface area contributed by atoms with Gasteiger partial charge in [-0.3, -0.25) is 14.6 Å². The van der Waals surface area contributed by atoms with Crippen LogP contribution < -0.4 is 11.2 Å². The fourth-order valence-corrected chi connectivity index (χ4v) is 3.54. The zero-order valence-electron chi connectivity index (χ0n) is 15.6. The molecule has 1 aliphatic heterocycles. The Morgan fingerprint density at radius 1 is 1.26 bits per heavy atom. The quantitative estimate of drug-likeness (QED) is 0.786. The van der Waals surface area contributed by atoms with Crippen molar-refractivity contribution in [2.45, 2.75) is 31.7 Å². The Morgan fingerprint density at radius 2 is 2.04 bits per heavy atom. The van der Waals surface area contributed by atoms with E-state index in [1.54, 1.807) is 11.9 Å². The van der Waals surface area contributed by atoms with E-state index in [0.29, 0.717) is 0 Å². The number of piperidine rings is 1. The first kappa shape index (κ1) is 19.1. The average molecular weight is 370 g/mol. The number of likely N-dealkylation sites (tertiary alicyclic amines) is 1. The molecule has 2 aromatic rings. The van der Waals surface area contributed by atoms with Gasteiger partial charge in [0, 0.05) is 37.9 Å². The summed E-state index contributed by atoms with van der Waals surface area (Å²) in [4.78, 5) is 44.2. The molecular weight excluding hydrogens is 344 g/mol. The van der Waals surface area contributed by atoms with Gasteiger partial charge in [0.1, 0.15) is 0 Å². The first-order chi connectivity index (χ1) is 13.0. The largest absolute Gasteiger partial charge is 0.341 e. The zero-order chi connectivity index (χ0) is 19.2. The summed E-state index contributed by atoms with van der Waals surface area (Å²) in [6.07, 6.45) is 4.32. The van der Waals surface area contributed by atoms with Gasteiger partial charge in [-0.05, 0) is 31.4 Å². The predicted octanol–water partition coefficient (Wildman–Crippen LogP) is 0.771. The molecule has 0 radical (unpaired) electrons. The number of benzene rings is 1. The van der Waals surface area contributed by atoms with E-state index in [0.717, 1.165) is 38.9 Å². The predicted molar refractivity (Wildman–Crippen MR) is 104 cm³/mol. The molecular formula is C20H26N4O3. The molecule has 1 aromatic heterocycles. The molecule has 1 aliphatic rings. The van der Waals surface area contributed by atoms with Gasteiger partial charge in [0.25, 0.3) is 5.56 Å².